The molecule has 0 bridgehead atoms. The van der Waals surface area contributed by atoms with Gasteiger partial charge in [-0.15, -0.1) is 0 Å². The first kappa shape index (κ1) is 13.8. The molecule has 2 aromatic rings. The zero-order valence-electron chi connectivity index (χ0n) is 11.3. The monoisotopic (exact) mass is 290 g/mol. The number of carbonyl (C=O) groups excluding carboxylic acids is 1. The van der Waals surface area contributed by atoms with Crippen LogP contribution in [0.2, 0.25) is 0 Å². The SMILES string of the molecule is O=C(c1ncc2ccccc2c1O)N1CCOC(CF)C1. The van der Waals surface area contributed by atoms with E-state index in [2.05, 4.69) is 4.98 Å². The summed E-state index contributed by atoms with van der Waals surface area (Å²) in [6.45, 7) is 0.183. The van der Waals surface area contributed by atoms with Crippen LogP contribution in [0.3, 0.4) is 0 Å². The highest BCUT2D eigenvalue weighted by atomic mass is 19.1. The van der Waals surface area contributed by atoms with Gasteiger partial charge in [-0.2, -0.15) is 0 Å². The third-order valence-corrected chi connectivity index (χ3v) is 3.57. The summed E-state index contributed by atoms with van der Waals surface area (Å²) in [5.74, 6) is -0.540. The van der Waals surface area contributed by atoms with Crippen LogP contribution in [0, 0.1) is 0 Å². The molecule has 5 nitrogen and oxygen atoms in total. The van der Waals surface area contributed by atoms with Gasteiger partial charge in [0.25, 0.3) is 5.91 Å². The first-order valence-electron chi connectivity index (χ1n) is 6.74. The van der Waals surface area contributed by atoms with E-state index in [0.29, 0.717) is 11.9 Å². The number of rotatable bonds is 2. The van der Waals surface area contributed by atoms with Gasteiger partial charge in [0.2, 0.25) is 0 Å². The average Bonchev–Trinajstić information content (AvgIpc) is 2.55. The van der Waals surface area contributed by atoms with Gasteiger partial charge >= 0.3 is 0 Å². The number of hydrogen-bond donors (Lipinski definition) is 1. The number of pyridine rings is 1. The fourth-order valence-corrected chi connectivity index (χ4v) is 2.45. The lowest BCUT2D eigenvalue weighted by Crippen LogP contribution is -2.46. The molecule has 1 unspecified atom stereocenters. The molecule has 0 saturated carbocycles. The Morgan fingerprint density at radius 1 is 1.48 bits per heavy atom. The van der Waals surface area contributed by atoms with E-state index < -0.39 is 18.7 Å². The molecule has 2 heterocycles. The van der Waals surface area contributed by atoms with Crippen molar-refractivity contribution in [2.75, 3.05) is 26.4 Å². The molecule has 21 heavy (non-hydrogen) atoms. The van der Waals surface area contributed by atoms with Crippen molar-refractivity contribution < 1.29 is 19.0 Å². The minimum absolute atomic E-state index is 0.00629. The van der Waals surface area contributed by atoms with E-state index in [1.54, 1.807) is 18.3 Å². The van der Waals surface area contributed by atoms with E-state index in [0.717, 1.165) is 5.39 Å². The first-order valence-corrected chi connectivity index (χ1v) is 6.74. The van der Waals surface area contributed by atoms with Crippen LogP contribution in [-0.2, 0) is 4.74 Å². The maximum Gasteiger partial charge on any atom is 0.276 e. The van der Waals surface area contributed by atoms with Gasteiger partial charge in [-0.1, -0.05) is 24.3 Å². The lowest BCUT2D eigenvalue weighted by Gasteiger charge is -2.31. The number of aromatic hydroxyl groups is 1. The van der Waals surface area contributed by atoms with E-state index in [4.69, 9.17) is 4.74 Å². The zero-order valence-corrected chi connectivity index (χ0v) is 11.3. The van der Waals surface area contributed by atoms with Crippen molar-refractivity contribution in [3.05, 3.63) is 36.2 Å². The fraction of sp³-hybridized carbons (Fsp3) is 0.333. The van der Waals surface area contributed by atoms with Gasteiger partial charge in [-0.25, -0.2) is 9.37 Å². The Hall–Kier alpha value is -2.21. The predicted octanol–water partition coefficient (Wildman–Crippen LogP) is 1.75. The number of morpholine rings is 1. The number of amides is 1. The molecule has 0 spiro atoms. The number of nitrogens with zero attached hydrogens (tertiary/aromatic N) is 2. The quantitative estimate of drug-likeness (QED) is 0.915. The minimum atomic E-state index is -0.638. The normalized spacial score (nSPS) is 18.9. The van der Waals surface area contributed by atoms with Crippen LogP contribution in [0.15, 0.2) is 30.5 Å². The van der Waals surface area contributed by atoms with Gasteiger partial charge in [-0.05, 0) is 0 Å². The largest absolute Gasteiger partial charge is 0.505 e. The zero-order chi connectivity index (χ0) is 14.8. The van der Waals surface area contributed by atoms with Crippen LogP contribution in [-0.4, -0.2) is 53.4 Å². The highest BCUT2D eigenvalue weighted by Crippen LogP contribution is 2.27. The van der Waals surface area contributed by atoms with Crippen LogP contribution in [0.4, 0.5) is 4.39 Å². The number of hydrogen-bond acceptors (Lipinski definition) is 4. The summed E-state index contributed by atoms with van der Waals surface area (Å²) in [7, 11) is 0. The highest BCUT2D eigenvalue weighted by Gasteiger charge is 2.27. The minimum Gasteiger partial charge on any atom is -0.505 e. The Morgan fingerprint density at radius 2 is 2.29 bits per heavy atom. The number of alkyl halides is 1. The van der Waals surface area contributed by atoms with E-state index in [9.17, 15) is 14.3 Å². The second-order valence-corrected chi connectivity index (χ2v) is 4.94. The summed E-state index contributed by atoms with van der Waals surface area (Å²) >= 11 is 0. The van der Waals surface area contributed by atoms with Crippen molar-refractivity contribution in [3.63, 3.8) is 0 Å². The van der Waals surface area contributed by atoms with E-state index >= 15 is 0 Å². The molecule has 3 rings (SSSR count). The van der Waals surface area contributed by atoms with Crippen LogP contribution in [0.1, 0.15) is 10.5 Å². The Balaban J connectivity index is 1.92. The Morgan fingerprint density at radius 3 is 3.10 bits per heavy atom. The van der Waals surface area contributed by atoms with E-state index in [1.165, 1.54) is 4.90 Å². The van der Waals surface area contributed by atoms with Gasteiger partial charge in [0.1, 0.15) is 12.8 Å². The summed E-state index contributed by atoms with van der Waals surface area (Å²) in [6, 6.07) is 7.15. The smallest absolute Gasteiger partial charge is 0.276 e. The maximum absolute atomic E-state index is 12.7. The van der Waals surface area contributed by atoms with Crippen molar-refractivity contribution in [2.45, 2.75) is 6.10 Å². The summed E-state index contributed by atoms with van der Waals surface area (Å²) in [6.07, 6.45) is 0.945. The molecule has 0 aliphatic carbocycles. The fourth-order valence-electron chi connectivity index (χ4n) is 2.45. The number of aromatic nitrogens is 1. The van der Waals surface area contributed by atoms with Gasteiger partial charge in [0.15, 0.2) is 11.4 Å². The van der Waals surface area contributed by atoms with Gasteiger partial charge in [0.05, 0.1) is 6.61 Å². The molecule has 1 aliphatic heterocycles. The molecule has 1 aromatic carbocycles. The maximum atomic E-state index is 12.7. The molecular weight excluding hydrogens is 275 g/mol. The molecular formula is C15H15FN2O3. The topological polar surface area (TPSA) is 62.7 Å². The molecule has 1 amide bonds. The molecule has 1 saturated heterocycles. The molecule has 0 radical (unpaired) electrons. The number of carbonyl (C=O) groups is 1. The molecule has 110 valence electrons. The highest BCUT2D eigenvalue weighted by molar-refractivity contribution is 6.01. The van der Waals surface area contributed by atoms with Gasteiger partial charge in [0, 0.05) is 30.1 Å². The van der Waals surface area contributed by atoms with Crippen LogP contribution in [0.25, 0.3) is 10.8 Å². The standard InChI is InChI=1S/C15H15FN2O3/c16-7-11-9-18(5-6-21-11)15(20)13-14(19)12-4-2-1-3-10(12)8-17-13/h1-4,8,11,19H,5-7,9H2. The Bertz CT molecular complexity index is 677. The summed E-state index contributed by atoms with van der Waals surface area (Å²) in [5, 5.41) is 11.6. The van der Waals surface area contributed by atoms with Crippen molar-refractivity contribution >= 4 is 16.7 Å². The molecule has 6 heteroatoms. The third-order valence-electron chi connectivity index (χ3n) is 3.57. The lowest BCUT2D eigenvalue weighted by atomic mass is 10.1. The molecule has 1 aliphatic rings. The summed E-state index contributed by atoms with van der Waals surface area (Å²) < 4.78 is 17.9. The Kier molecular flexibility index (Phi) is 3.70. The third kappa shape index (κ3) is 2.54. The van der Waals surface area contributed by atoms with Crippen LogP contribution >= 0.6 is 0 Å². The average molecular weight is 290 g/mol. The predicted molar refractivity (Wildman–Crippen MR) is 75.0 cm³/mol. The van der Waals surface area contributed by atoms with Crippen molar-refractivity contribution in [2.24, 2.45) is 0 Å². The number of benzene rings is 1. The van der Waals surface area contributed by atoms with Crippen molar-refractivity contribution in [1.29, 1.82) is 0 Å². The molecule has 1 fully saturated rings. The van der Waals surface area contributed by atoms with E-state index in [1.807, 2.05) is 12.1 Å². The van der Waals surface area contributed by atoms with Crippen molar-refractivity contribution in [1.82, 2.24) is 9.88 Å². The molecule has 1 N–H and O–H groups in total. The van der Waals surface area contributed by atoms with Crippen molar-refractivity contribution in [3.8, 4) is 5.75 Å². The number of halogens is 1. The van der Waals surface area contributed by atoms with Gasteiger partial charge < -0.3 is 14.7 Å². The lowest BCUT2D eigenvalue weighted by molar-refractivity contribution is -0.0312. The van der Waals surface area contributed by atoms with E-state index in [-0.39, 0.29) is 24.6 Å². The van der Waals surface area contributed by atoms with Crippen LogP contribution in [0.5, 0.6) is 5.75 Å². The number of fused-ring (bicyclic) bond motifs is 1. The Labute approximate surface area is 121 Å². The van der Waals surface area contributed by atoms with Gasteiger partial charge in [-0.3, -0.25) is 4.79 Å². The molecule has 1 atom stereocenters. The summed E-state index contributed by atoms with van der Waals surface area (Å²) in [4.78, 5) is 18.0. The first-order chi connectivity index (χ1) is 10.2. The van der Waals surface area contributed by atoms with Crippen LogP contribution < -0.4 is 0 Å². The second kappa shape index (κ2) is 5.65. The second-order valence-electron chi connectivity index (χ2n) is 4.94. The molecule has 1 aromatic heterocycles. The number of ether oxygens (including phenoxy) is 1. The summed E-state index contributed by atoms with van der Waals surface area (Å²) in [5.41, 5.74) is -0.00629.